The molecule has 1 heterocycles. The standard InChI is InChI=1S/C14H20N2O/c1-10(2)15-9-13(17)8-12-7-11-5-3-4-6-14(11)16-12/h3-7,10,13,15-17H,8-9H2,1-2H3/t13-/m0/s1. The summed E-state index contributed by atoms with van der Waals surface area (Å²) in [6.45, 7) is 4.79. The minimum atomic E-state index is -0.342. The van der Waals surface area contributed by atoms with Crippen LogP contribution in [-0.4, -0.2) is 28.8 Å². The quantitative estimate of drug-likeness (QED) is 0.739. The molecule has 92 valence electrons. The molecule has 0 aliphatic carbocycles. The van der Waals surface area contributed by atoms with Crippen molar-refractivity contribution in [2.45, 2.75) is 32.4 Å². The fourth-order valence-corrected chi connectivity index (χ4v) is 1.94. The number of aliphatic hydroxyl groups is 1. The Kier molecular flexibility index (Phi) is 3.82. The number of fused-ring (bicyclic) bond motifs is 1. The lowest BCUT2D eigenvalue weighted by Gasteiger charge is -2.13. The van der Waals surface area contributed by atoms with Gasteiger partial charge in [-0.15, -0.1) is 0 Å². The van der Waals surface area contributed by atoms with Crippen molar-refractivity contribution in [2.24, 2.45) is 0 Å². The van der Waals surface area contributed by atoms with Crippen molar-refractivity contribution in [2.75, 3.05) is 6.54 Å². The number of rotatable bonds is 5. The van der Waals surface area contributed by atoms with Gasteiger partial charge in [0.2, 0.25) is 0 Å². The topological polar surface area (TPSA) is 48.0 Å². The van der Waals surface area contributed by atoms with Gasteiger partial charge < -0.3 is 15.4 Å². The summed E-state index contributed by atoms with van der Waals surface area (Å²) in [4.78, 5) is 3.33. The summed E-state index contributed by atoms with van der Waals surface area (Å²) >= 11 is 0. The Morgan fingerprint density at radius 1 is 1.29 bits per heavy atom. The number of hydrogen-bond acceptors (Lipinski definition) is 2. The van der Waals surface area contributed by atoms with Gasteiger partial charge in [0.05, 0.1) is 6.10 Å². The van der Waals surface area contributed by atoms with Crippen LogP contribution in [0.25, 0.3) is 10.9 Å². The van der Waals surface area contributed by atoms with Crippen LogP contribution >= 0.6 is 0 Å². The predicted molar refractivity (Wildman–Crippen MR) is 71.1 cm³/mol. The van der Waals surface area contributed by atoms with Gasteiger partial charge in [-0.3, -0.25) is 0 Å². The molecule has 1 atom stereocenters. The fraction of sp³-hybridized carbons (Fsp3) is 0.429. The van der Waals surface area contributed by atoms with E-state index in [0.717, 1.165) is 11.2 Å². The summed E-state index contributed by atoms with van der Waals surface area (Å²) in [6.07, 6.45) is 0.319. The van der Waals surface area contributed by atoms with Crippen LogP contribution in [0.2, 0.25) is 0 Å². The van der Waals surface area contributed by atoms with Crippen LogP contribution in [-0.2, 0) is 6.42 Å². The first-order valence-corrected chi connectivity index (χ1v) is 6.13. The van der Waals surface area contributed by atoms with Crippen LogP contribution in [0.1, 0.15) is 19.5 Å². The number of para-hydroxylation sites is 1. The Bertz CT molecular complexity index is 443. The van der Waals surface area contributed by atoms with E-state index in [1.807, 2.05) is 12.1 Å². The van der Waals surface area contributed by atoms with E-state index in [4.69, 9.17) is 0 Å². The van der Waals surface area contributed by atoms with E-state index < -0.39 is 0 Å². The molecule has 0 amide bonds. The maximum absolute atomic E-state index is 9.89. The zero-order valence-corrected chi connectivity index (χ0v) is 10.4. The summed E-state index contributed by atoms with van der Waals surface area (Å²) in [7, 11) is 0. The molecule has 3 N–H and O–H groups in total. The molecule has 0 bridgehead atoms. The molecule has 0 aliphatic rings. The summed E-state index contributed by atoms with van der Waals surface area (Å²) in [6, 6.07) is 10.7. The van der Waals surface area contributed by atoms with Crippen molar-refractivity contribution in [1.82, 2.24) is 10.3 Å². The van der Waals surface area contributed by atoms with Gasteiger partial charge >= 0.3 is 0 Å². The zero-order chi connectivity index (χ0) is 12.3. The van der Waals surface area contributed by atoms with Crippen LogP contribution in [0.4, 0.5) is 0 Å². The molecule has 1 aromatic carbocycles. The van der Waals surface area contributed by atoms with Crippen molar-refractivity contribution in [3.8, 4) is 0 Å². The van der Waals surface area contributed by atoms with Crippen LogP contribution < -0.4 is 5.32 Å². The van der Waals surface area contributed by atoms with Gasteiger partial charge in [0.1, 0.15) is 0 Å². The fourth-order valence-electron chi connectivity index (χ4n) is 1.94. The Morgan fingerprint density at radius 3 is 2.76 bits per heavy atom. The molecular formula is C14H20N2O. The van der Waals surface area contributed by atoms with E-state index in [-0.39, 0.29) is 6.10 Å². The molecule has 3 nitrogen and oxygen atoms in total. The molecular weight excluding hydrogens is 212 g/mol. The van der Waals surface area contributed by atoms with Crippen LogP contribution in [0, 0.1) is 0 Å². The highest BCUT2D eigenvalue weighted by Crippen LogP contribution is 2.15. The van der Waals surface area contributed by atoms with E-state index in [1.165, 1.54) is 5.39 Å². The lowest BCUT2D eigenvalue weighted by atomic mass is 10.2. The second-order valence-electron chi connectivity index (χ2n) is 4.80. The number of nitrogens with one attached hydrogen (secondary N) is 2. The first-order valence-electron chi connectivity index (χ1n) is 6.13. The summed E-state index contributed by atoms with van der Waals surface area (Å²) in [5.74, 6) is 0. The normalized spacial score (nSPS) is 13.4. The Balaban J connectivity index is 1.98. The number of benzene rings is 1. The predicted octanol–water partition coefficient (Wildman–Crippen LogP) is 2.07. The highest BCUT2D eigenvalue weighted by Gasteiger charge is 2.08. The lowest BCUT2D eigenvalue weighted by molar-refractivity contribution is 0.168. The van der Waals surface area contributed by atoms with Crippen molar-refractivity contribution >= 4 is 10.9 Å². The van der Waals surface area contributed by atoms with Gasteiger partial charge in [-0.05, 0) is 17.5 Å². The summed E-state index contributed by atoms with van der Waals surface area (Å²) < 4.78 is 0. The van der Waals surface area contributed by atoms with Crippen molar-refractivity contribution in [3.05, 3.63) is 36.0 Å². The second-order valence-corrected chi connectivity index (χ2v) is 4.80. The molecule has 0 saturated heterocycles. The van der Waals surface area contributed by atoms with Crippen molar-refractivity contribution < 1.29 is 5.11 Å². The number of H-pyrrole nitrogens is 1. The Hall–Kier alpha value is -1.32. The molecule has 1 aromatic heterocycles. The number of aromatic nitrogens is 1. The van der Waals surface area contributed by atoms with Crippen molar-refractivity contribution in [3.63, 3.8) is 0 Å². The summed E-state index contributed by atoms with van der Waals surface area (Å²) in [5.41, 5.74) is 2.22. The molecule has 0 radical (unpaired) electrons. The average molecular weight is 232 g/mol. The molecule has 0 spiro atoms. The highest BCUT2D eigenvalue weighted by molar-refractivity contribution is 5.80. The maximum atomic E-state index is 9.89. The van der Waals surface area contributed by atoms with Gasteiger partial charge in [-0.2, -0.15) is 0 Å². The maximum Gasteiger partial charge on any atom is 0.0719 e. The average Bonchev–Trinajstić information content (AvgIpc) is 2.68. The minimum absolute atomic E-state index is 0.342. The Morgan fingerprint density at radius 2 is 2.06 bits per heavy atom. The first kappa shape index (κ1) is 12.1. The molecule has 2 aromatic rings. The minimum Gasteiger partial charge on any atom is -0.391 e. The first-order chi connectivity index (χ1) is 8.15. The lowest BCUT2D eigenvalue weighted by Crippen LogP contribution is -2.33. The third-order valence-corrected chi connectivity index (χ3v) is 2.80. The van der Waals surface area contributed by atoms with Crippen LogP contribution in [0.3, 0.4) is 0 Å². The second kappa shape index (κ2) is 5.34. The molecule has 3 heteroatoms. The molecule has 2 rings (SSSR count). The monoisotopic (exact) mass is 232 g/mol. The smallest absolute Gasteiger partial charge is 0.0719 e. The number of aromatic amines is 1. The number of aliphatic hydroxyl groups excluding tert-OH is 1. The molecule has 0 fully saturated rings. The van der Waals surface area contributed by atoms with E-state index in [9.17, 15) is 5.11 Å². The van der Waals surface area contributed by atoms with Gasteiger partial charge in [-0.25, -0.2) is 0 Å². The molecule has 0 unspecified atom stereocenters. The third kappa shape index (κ3) is 3.32. The summed E-state index contributed by atoms with van der Waals surface area (Å²) in [5, 5.41) is 14.3. The largest absolute Gasteiger partial charge is 0.391 e. The van der Waals surface area contributed by atoms with Gasteiger partial charge in [-0.1, -0.05) is 32.0 Å². The molecule has 17 heavy (non-hydrogen) atoms. The van der Waals surface area contributed by atoms with Gasteiger partial charge in [0.25, 0.3) is 0 Å². The SMILES string of the molecule is CC(C)NC[C@@H](O)Cc1cc2ccccc2[nH]1. The van der Waals surface area contributed by atoms with Crippen LogP contribution in [0.5, 0.6) is 0 Å². The zero-order valence-electron chi connectivity index (χ0n) is 10.4. The van der Waals surface area contributed by atoms with E-state index in [0.29, 0.717) is 19.0 Å². The van der Waals surface area contributed by atoms with Gasteiger partial charge in [0, 0.05) is 30.2 Å². The highest BCUT2D eigenvalue weighted by atomic mass is 16.3. The third-order valence-electron chi connectivity index (χ3n) is 2.80. The van der Waals surface area contributed by atoms with E-state index in [2.05, 4.69) is 42.3 Å². The van der Waals surface area contributed by atoms with Gasteiger partial charge in [0.15, 0.2) is 0 Å². The Labute approximate surface area is 102 Å². The van der Waals surface area contributed by atoms with E-state index in [1.54, 1.807) is 0 Å². The molecule has 0 aliphatic heterocycles. The number of hydrogen-bond donors (Lipinski definition) is 3. The van der Waals surface area contributed by atoms with Crippen LogP contribution in [0.15, 0.2) is 30.3 Å². The van der Waals surface area contributed by atoms with E-state index >= 15 is 0 Å². The van der Waals surface area contributed by atoms with Crippen molar-refractivity contribution in [1.29, 1.82) is 0 Å². The molecule has 0 saturated carbocycles.